The summed E-state index contributed by atoms with van der Waals surface area (Å²) in [4.78, 5) is 16.4. The largest absolute Gasteiger partial charge is 0.349 e. The summed E-state index contributed by atoms with van der Waals surface area (Å²) in [5.74, 6) is -0.0580. The van der Waals surface area contributed by atoms with Crippen molar-refractivity contribution in [3.63, 3.8) is 0 Å². The van der Waals surface area contributed by atoms with Crippen LogP contribution in [0.3, 0.4) is 0 Å². The number of hydrogen-bond acceptors (Lipinski definition) is 4. The quantitative estimate of drug-likeness (QED) is 0.808. The van der Waals surface area contributed by atoms with Crippen molar-refractivity contribution < 1.29 is 4.79 Å². The molecule has 0 radical (unpaired) electrons. The van der Waals surface area contributed by atoms with Crippen molar-refractivity contribution in [3.8, 4) is 0 Å². The van der Waals surface area contributed by atoms with Crippen molar-refractivity contribution in [1.82, 2.24) is 10.3 Å². The first kappa shape index (κ1) is 10.6. The summed E-state index contributed by atoms with van der Waals surface area (Å²) in [7, 11) is 0. The molecule has 1 aromatic heterocycles. The highest BCUT2D eigenvalue weighted by Gasteiger charge is 2.32. The number of thiazole rings is 1. The highest BCUT2D eigenvalue weighted by atomic mass is 32.1. The zero-order valence-electron chi connectivity index (χ0n) is 8.75. The topological polar surface area (TPSA) is 68.0 Å². The van der Waals surface area contributed by atoms with E-state index in [0.29, 0.717) is 11.4 Å². The lowest BCUT2D eigenvalue weighted by Crippen LogP contribution is -2.54. The zero-order valence-corrected chi connectivity index (χ0v) is 9.56. The molecule has 0 saturated heterocycles. The zero-order chi connectivity index (χ0) is 10.9. The monoisotopic (exact) mass is 225 g/mol. The lowest BCUT2D eigenvalue weighted by atomic mass is 9.78. The van der Waals surface area contributed by atoms with Crippen molar-refractivity contribution in [3.05, 3.63) is 16.1 Å². The number of aromatic nitrogens is 1. The normalized spacial score (nSPS) is 18.3. The van der Waals surface area contributed by atoms with E-state index >= 15 is 0 Å². The maximum Gasteiger partial charge on any atom is 0.263 e. The van der Waals surface area contributed by atoms with Crippen molar-refractivity contribution in [2.45, 2.75) is 31.7 Å². The Hall–Kier alpha value is -0.940. The molecule has 1 aromatic rings. The number of carbonyl (C=O) groups is 1. The van der Waals surface area contributed by atoms with Crippen LogP contribution in [-0.2, 0) is 0 Å². The van der Waals surface area contributed by atoms with Gasteiger partial charge >= 0.3 is 0 Å². The fourth-order valence-corrected chi connectivity index (χ4v) is 2.31. The molecule has 1 fully saturated rings. The van der Waals surface area contributed by atoms with Gasteiger partial charge in [0.25, 0.3) is 5.91 Å². The molecule has 1 heterocycles. The predicted molar refractivity (Wildman–Crippen MR) is 60.0 cm³/mol. The van der Waals surface area contributed by atoms with Crippen LogP contribution in [-0.4, -0.2) is 23.0 Å². The van der Waals surface area contributed by atoms with Gasteiger partial charge in [0.15, 0.2) is 0 Å². The number of rotatable bonds is 3. The summed E-state index contributed by atoms with van der Waals surface area (Å²) in [6.45, 7) is 2.46. The SMILES string of the molecule is Cc1ncc(C(=O)NCC2(N)CCC2)s1. The Balaban J connectivity index is 1.87. The second kappa shape index (κ2) is 3.90. The lowest BCUT2D eigenvalue weighted by molar-refractivity contribution is 0.0933. The van der Waals surface area contributed by atoms with Gasteiger partial charge in [0.2, 0.25) is 0 Å². The van der Waals surface area contributed by atoms with Crippen LogP contribution < -0.4 is 11.1 Å². The minimum Gasteiger partial charge on any atom is -0.349 e. The third kappa shape index (κ3) is 2.35. The third-order valence-corrected chi connectivity index (χ3v) is 3.71. The first-order chi connectivity index (χ1) is 7.09. The highest BCUT2D eigenvalue weighted by molar-refractivity contribution is 7.13. The van der Waals surface area contributed by atoms with Gasteiger partial charge < -0.3 is 11.1 Å². The van der Waals surface area contributed by atoms with Crippen molar-refractivity contribution in [1.29, 1.82) is 0 Å². The van der Waals surface area contributed by atoms with Gasteiger partial charge in [-0.25, -0.2) is 4.98 Å². The van der Waals surface area contributed by atoms with Gasteiger partial charge in [-0.05, 0) is 26.2 Å². The molecule has 4 nitrogen and oxygen atoms in total. The molecular weight excluding hydrogens is 210 g/mol. The fraction of sp³-hybridized carbons (Fsp3) is 0.600. The van der Waals surface area contributed by atoms with Crippen LogP contribution in [0.5, 0.6) is 0 Å². The van der Waals surface area contributed by atoms with E-state index in [9.17, 15) is 4.79 Å². The molecule has 0 spiro atoms. The Labute approximate surface area is 92.9 Å². The summed E-state index contributed by atoms with van der Waals surface area (Å²) < 4.78 is 0. The number of nitrogens with one attached hydrogen (secondary N) is 1. The van der Waals surface area contributed by atoms with Gasteiger partial charge in [0, 0.05) is 12.1 Å². The molecular formula is C10H15N3OS. The van der Waals surface area contributed by atoms with Crippen molar-refractivity contribution >= 4 is 17.2 Å². The molecule has 0 aromatic carbocycles. The standard InChI is InChI=1S/C10H15N3OS/c1-7-12-5-8(15-7)9(14)13-6-10(11)3-2-4-10/h5H,2-4,6,11H2,1H3,(H,13,14). The minimum absolute atomic E-state index is 0.0580. The first-order valence-corrected chi connectivity index (χ1v) is 5.90. The Morgan fingerprint density at radius 1 is 1.73 bits per heavy atom. The summed E-state index contributed by atoms with van der Waals surface area (Å²) >= 11 is 1.41. The van der Waals surface area contributed by atoms with Crippen LogP contribution in [0.25, 0.3) is 0 Å². The Bertz CT molecular complexity index is 370. The van der Waals surface area contributed by atoms with Crippen molar-refractivity contribution in [2.75, 3.05) is 6.54 Å². The van der Waals surface area contributed by atoms with Gasteiger partial charge in [-0.2, -0.15) is 0 Å². The van der Waals surface area contributed by atoms with E-state index in [2.05, 4.69) is 10.3 Å². The molecule has 2 rings (SSSR count). The highest BCUT2D eigenvalue weighted by Crippen LogP contribution is 2.28. The molecule has 3 N–H and O–H groups in total. The molecule has 1 saturated carbocycles. The fourth-order valence-electron chi connectivity index (χ4n) is 1.62. The van der Waals surface area contributed by atoms with Gasteiger partial charge in [-0.15, -0.1) is 11.3 Å². The summed E-state index contributed by atoms with van der Waals surface area (Å²) in [5, 5.41) is 3.77. The van der Waals surface area contributed by atoms with Crippen LogP contribution in [0.4, 0.5) is 0 Å². The van der Waals surface area contributed by atoms with Gasteiger partial charge in [0.1, 0.15) is 4.88 Å². The second-order valence-corrected chi connectivity index (χ2v) is 5.38. The first-order valence-electron chi connectivity index (χ1n) is 5.09. The average Bonchev–Trinajstić information content (AvgIpc) is 2.58. The van der Waals surface area contributed by atoms with Gasteiger partial charge in [0.05, 0.1) is 11.2 Å². The van der Waals surface area contributed by atoms with E-state index in [1.807, 2.05) is 6.92 Å². The summed E-state index contributed by atoms with van der Waals surface area (Å²) in [6.07, 6.45) is 4.80. The van der Waals surface area contributed by atoms with E-state index in [1.165, 1.54) is 17.8 Å². The smallest absolute Gasteiger partial charge is 0.263 e. The maximum atomic E-state index is 11.6. The molecule has 5 heteroatoms. The lowest BCUT2D eigenvalue weighted by Gasteiger charge is -2.38. The predicted octanol–water partition coefficient (Wildman–Crippen LogP) is 1.06. The van der Waals surface area contributed by atoms with Crippen LogP contribution >= 0.6 is 11.3 Å². The molecule has 0 unspecified atom stereocenters. The summed E-state index contributed by atoms with van der Waals surface area (Å²) in [6, 6.07) is 0. The molecule has 82 valence electrons. The van der Waals surface area contributed by atoms with Crippen LogP contribution in [0.15, 0.2) is 6.20 Å². The Morgan fingerprint density at radius 2 is 2.47 bits per heavy atom. The molecule has 0 atom stereocenters. The van der Waals surface area contributed by atoms with E-state index in [0.717, 1.165) is 17.8 Å². The van der Waals surface area contributed by atoms with E-state index in [4.69, 9.17) is 5.73 Å². The molecule has 15 heavy (non-hydrogen) atoms. The van der Waals surface area contributed by atoms with E-state index in [1.54, 1.807) is 6.20 Å². The summed E-state index contributed by atoms with van der Waals surface area (Å²) in [5.41, 5.74) is 5.85. The van der Waals surface area contributed by atoms with Crippen LogP contribution in [0.1, 0.15) is 33.9 Å². The molecule has 0 aliphatic heterocycles. The Morgan fingerprint density at radius 3 is 2.93 bits per heavy atom. The maximum absolute atomic E-state index is 11.6. The van der Waals surface area contributed by atoms with Crippen LogP contribution in [0, 0.1) is 6.92 Å². The van der Waals surface area contributed by atoms with E-state index in [-0.39, 0.29) is 11.4 Å². The van der Waals surface area contributed by atoms with Gasteiger partial charge in [-0.3, -0.25) is 4.79 Å². The van der Waals surface area contributed by atoms with Crippen molar-refractivity contribution in [2.24, 2.45) is 5.73 Å². The second-order valence-electron chi connectivity index (χ2n) is 4.14. The third-order valence-electron chi connectivity index (χ3n) is 2.80. The number of carbonyl (C=O) groups excluding carboxylic acids is 1. The minimum atomic E-state index is -0.157. The molecule has 0 bridgehead atoms. The number of aryl methyl sites for hydroxylation is 1. The number of hydrogen-bond donors (Lipinski definition) is 2. The molecule has 1 amide bonds. The Kier molecular flexibility index (Phi) is 2.75. The molecule has 1 aliphatic carbocycles. The number of nitrogens with zero attached hydrogens (tertiary/aromatic N) is 1. The van der Waals surface area contributed by atoms with Crippen LogP contribution in [0.2, 0.25) is 0 Å². The molecule has 1 aliphatic rings. The average molecular weight is 225 g/mol. The van der Waals surface area contributed by atoms with E-state index < -0.39 is 0 Å². The number of nitrogens with two attached hydrogens (primary N) is 1. The number of amides is 1. The van der Waals surface area contributed by atoms with Gasteiger partial charge in [-0.1, -0.05) is 0 Å².